The first-order valence-electron chi connectivity index (χ1n) is 6.61. The third kappa shape index (κ3) is 3.87. The molecule has 0 aromatic heterocycles. The summed E-state index contributed by atoms with van der Waals surface area (Å²) in [5, 5.41) is 14.9. The van der Waals surface area contributed by atoms with Crippen LogP contribution in [0, 0.1) is 5.92 Å². The number of amides is 2. The van der Waals surface area contributed by atoms with Crippen molar-refractivity contribution in [1.82, 2.24) is 5.32 Å². The summed E-state index contributed by atoms with van der Waals surface area (Å²) in [6.45, 7) is 0. The maximum Gasteiger partial charge on any atom is 0.319 e. The van der Waals surface area contributed by atoms with Crippen LogP contribution in [0.1, 0.15) is 25.7 Å². The van der Waals surface area contributed by atoms with Crippen LogP contribution >= 0.6 is 11.6 Å². The molecule has 0 atom stereocenters. The molecule has 0 spiro atoms. The summed E-state index contributed by atoms with van der Waals surface area (Å²) in [5.74, 6) is -1.02. The molecule has 0 aliphatic heterocycles. The van der Waals surface area contributed by atoms with E-state index < -0.39 is 5.97 Å². The molecule has 3 N–H and O–H groups in total. The fourth-order valence-electron chi connectivity index (χ4n) is 2.39. The van der Waals surface area contributed by atoms with Gasteiger partial charge in [-0.1, -0.05) is 23.7 Å². The van der Waals surface area contributed by atoms with Gasteiger partial charge in [0.05, 0.1) is 16.6 Å². The van der Waals surface area contributed by atoms with Crippen LogP contribution in [0.25, 0.3) is 0 Å². The summed E-state index contributed by atoms with van der Waals surface area (Å²) < 4.78 is 0. The van der Waals surface area contributed by atoms with E-state index in [2.05, 4.69) is 10.6 Å². The molecule has 6 heteroatoms. The Balaban J connectivity index is 1.81. The maximum atomic E-state index is 11.9. The molecule has 1 fully saturated rings. The highest BCUT2D eigenvalue weighted by atomic mass is 35.5. The molecule has 0 heterocycles. The molecule has 0 bridgehead atoms. The van der Waals surface area contributed by atoms with Crippen LogP contribution in [0.15, 0.2) is 24.3 Å². The number of carboxylic acid groups (broad SMARTS) is 1. The summed E-state index contributed by atoms with van der Waals surface area (Å²) in [5.41, 5.74) is 0.561. The highest BCUT2D eigenvalue weighted by Crippen LogP contribution is 2.25. The predicted molar refractivity (Wildman–Crippen MR) is 77.0 cm³/mol. The van der Waals surface area contributed by atoms with E-state index in [0.29, 0.717) is 36.4 Å². The Bertz CT molecular complexity index is 499. The lowest BCUT2D eigenvalue weighted by Crippen LogP contribution is -2.41. The number of anilines is 1. The van der Waals surface area contributed by atoms with Crippen molar-refractivity contribution < 1.29 is 14.7 Å². The van der Waals surface area contributed by atoms with Crippen LogP contribution in [-0.4, -0.2) is 23.1 Å². The van der Waals surface area contributed by atoms with Gasteiger partial charge in [0.15, 0.2) is 0 Å². The largest absolute Gasteiger partial charge is 0.481 e. The highest BCUT2D eigenvalue weighted by molar-refractivity contribution is 6.33. The molecular formula is C14H17ClN2O3. The average Bonchev–Trinajstić information content (AvgIpc) is 2.42. The average molecular weight is 297 g/mol. The summed E-state index contributed by atoms with van der Waals surface area (Å²) in [6.07, 6.45) is 2.58. The van der Waals surface area contributed by atoms with Crippen molar-refractivity contribution in [3.05, 3.63) is 29.3 Å². The van der Waals surface area contributed by atoms with Gasteiger partial charge in [-0.3, -0.25) is 4.79 Å². The van der Waals surface area contributed by atoms with Crippen molar-refractivity contribution in [2.45, 2.75) is 31.7 Å². The quantitative estimate of drug-likeness (QED) is 0.802. The minimum Gasteiger partial charge on any atom is -0.481 e. The molecule has 1 aromatic carbocycles. The molecule has 2 rings (SSSR count). The number of nitrogens with one attached hydrogen (secondary N) is 2. The van der Waals surface area contributed by atoms with Gasteiger partial charge in [-0.25, -0.2) is 4.79 Å². The minimum absolute atomic E-state index is 0.0214. The van der Waals surface area contributed by atoms with E-state index in [1.165, 1.54) is 0 Å². The first-order chi connectivity index (χ1) is 9.56. The second-order valence-corrected chi connectivity index (χ2v) is 5.37. The summed E-state index contributed by atoms with van der Waals surface area (Å²) >= 11 is 5.96. The molecule has 1 aliphatic carbocycles. The number of aliphatic carboxylic acids is 1. The summed E-state index contributed by atoms with van der Waals surface area (Å²) in [7, 11) is 0. The molecule has 0 unspecified atom stereocenters. The van der Waals surface area contributed by atoms with Crippen molar-refractivity contribution >= 4 is 29.3 Å². The van der Waals surface area contributed by atoms with Gasteiger partial charge in [0.1, 0.15) is 0 Å². The van der Waals surface area contributed by atoms with Crippen LogP contribution in [-0.2, 0) is 4.79 Å². The number of carbonyl (C=O) groups is 2. The number of para-hydroxylation sites is 1. The Kier molecular flexibility index (Phi) is 4.84. The second kappa shape index (κ2) is 6.61. The van der Waals surface area contributed by atoms with Gasteiger partial charge < -0.3 is 15.7 Å². The van der Waals surface area contributed by atoms with Gasteiger partial charge in [-0.05, 0) is 37.8 Å². The molecule has 2 amide bonds. The Hall–Kier alpha value is -1.75. The maximum absolute atomic E-state index is 11.9. The molecule has 20 heavy (non-hydrogen) atoms. The van der Waals surface area contributed by atoms with Gasteiger partial charge in [-0.15, -0.1) is 0 Å². The number of benzene rings is 1. The molecule has 1 aliphatic rings. The van der Waals surface area contributed by atoms with Crippen molar-refractivity contribution in [2.24, 2.45) is 5.92 Å². The second-order valence-electron chi connectivity index (χ2n) is 4.97. The number of hydrogen-bond acceptors (Lipinski definition) is 2. The molecule has 1 aromatic rings. The van der Waals surface area contributed by atoms with E-state index in [1.54, 1.807) is 24.3 Å². The first kappa shape index (κ1) is 14.7. The summed E-state index contributed by atoms with van der Waals surface area (Å²) in [4.78, 5) is 22.7. The van der Waals surface area contributed by atoms with Crippen LogP contribution in [0.4, 0.5) is 10.5 Å². The lowest BCUT2D eigenvalue weighted by Gasteiger charge is -2.26. The molecule has 1 saturated carbocycles. The monoisotopic (exact) mass is 296 g/mol. The zero-order valence-corrected chi connectivity index (χ0v) is 11.7. The van der Waals surface area contributed by atoms with E-state index in [0.717, 1.165) is 0 Å². The zero-order valence-electron chi connectivity index (χ0n) is 10.9. The van der Waals surface area contributed by atoms with Gasteiger partial charge in [-0.2, -0.15) is 0 Å². The molecule has 0 radical (unpaired) electrons. The Morgan fingerprint density at radius 2 is 1.80 bits per heavy atom. The number of hydrogen-bond donors (Lipinski definition) is 3. The number of halogens is 1. The molecule has 108 valence electrons. The van der Waals surface area contributed by atoms with Crippen molar-refractivity contribution in [1.29, 1.82) is 0 Å². The predicted octanol–water partition coefficient (Wildman–Crippen LogP) is 3.10. The van der Waals surface area contributed by atoms with E-state index >= 15 is 0 Å². The standard InChI is InChI=1S/C14H17ClN2O3/c15-11-3-1-2-4-12(11)17-14(20)16-10-7-5-9(6-8-10)13(18)19/h1-4,9-10H,5-8H2,(H,18,19)(H2,16,17,20). The van der Waals surface area contributed by atoms with E-state index in [-0.39, 0.29) is 18.0 Å². The van der Waals surface area contributed by atoms with Crippen LogP contribution in [0.5, 0.6) is 0 Å². The molecule has 5 nitrogen and oxygen atoms in total. The van der Waals surface area contributed by atoms with Crippen LogP contribution < -0.4 is 10.6 Å². The minimum atomic E-state index is -0.746. The fraction of sp³-hybridized carbons (Fsp3) is 0.429. The van der Waals surface area contributed by atoms with Crippen molar-refractivity contribution in [3.8, 4) is 0 Å². The third-order valence-electron chi connectivity index (χ3n) is 3.53. The Morgan fingerprint density at radius 1 is 1.15 bits per heavy atom. The molecular weight excluding hydrogens is 280 g/mol. The smallest absolute Gasteiger partial charge is 0.319 e. The van der Waals surface area contributed by atoms with Gasteiger partial charge in [0, 0.05) is 6.04 Å². The normalized spacial score (nSPS) is 22.1. The highest BCUT2D eigenvalue weighted by Gasteiger charge is 2.26. The number of urea groups is 1. The van der Waals surface area contributed by atoms with Crippen LogP contribution in [0.3, 0.4) is 0 Å². The summed E-state index contributed by atoms with van der Waals surface area (Å²) in [6, 6.07) is 6.72. The lowest BCUT2D eigenvalue weighted by atomic mass is 9.86. The van der Waals surface area contributed by atoms with E-state index in [9.17, 15) is 9.59 Å². The van der Waals surface area contributed by atoms with Gasteiger partial charge in [0.2, 0.25) is 0 Å². The lowest BCUT2D eigenvalue weighted by molar-refractivity contribution is -0.142. The van der Waals surface area contributed by atoms with E-state index in [4.69, 9.17) is 16.7 Å². The van der Waals surface area contributed by atoms with Gasteiger partial charge in [0.25, 0.3) is 0 Å². The first-order valence-corrected chi connectivity index (χ1v) is 6.99. The van der Waals surface area contributed by atoms with Crippen LogP contribution in [0.2, 0.25) is 5.02 Å². The Labute approximate surface area is 122 Å². The Morgan fingerprint density at radius 3 is 2.40 bits per heavy atom. The van der Waals surface area contributed by atoms with Crippen molar-refractivity contribution in [3.63, 3.8) is 0 Å². The van der Waals surface area contributed by atoms with Crippen molar-refractivity contribution in [2.75, 3.05) is 5.32 Å². The van der Waals surface area contributed by atoms with Gasteiger partial charge >= 0.3 is 12.0 Å². The number of carboxylic acids is 1. The fourth-order valence-corrected chi connectivity index (χ4v) is 2.57. The topological polar surface area (TPSA) is 78.4 Å². The molecule has 0 saturated heterocycles. The zero-order chi connectivity index (χ0) is 14.5. The SMILES string of the molecule is O=C(Nc1ccccc1Cl)NC1CCC(C(=O)O)CC1. The third-order valence-corrected chi connectivity index (χ3v) is 3.86. The van der Waals surface area contributed by atoms with E-state index in [1.807, 2.05) is 0 Å². The number of rotatable bonds is 3. The number of carbonyl (C=O) groups excluding carboxylic acids is 1.